The first kappa shape index (κ1) is 16.5. The molecule has 4 nitrogen and oxygen atoms in total. The molecule has 1 aromatic carbocycles. The van der Waals surface area contributed by atoms with E-state index in [1.807, 2.05) is 30.1 Å². The number of hydrogen-bond donors (Lipinski definition) is 0. The minimum absolute atomic E-state index is 0.0101. The van der Waals surface area contributed by atoms with Crippen LogP contribution in [0.3, 0.4) is 0 Å². The van der Waals surface area contributed by atoms with E-state index < -0.39 is 0 Å². The van der Waals surface area contributed by atoms with E-state index in [4.69, 9.17) is 0 Å². The van der Waals surface area contributed by atoms with Crippen LogP contribution in [0, 0.1) is 0 Å². The van der Waals surface area contributed by atoms with E-state index in [1.54, 1.807) is 16.8 Å². The summed E-state index contributed by atoms with van der Waals surface area (Å²) in [6, 6.07) is 12.3. The van der Waals surface area contributed by atoms with Crippen LogP contribution in [-0.4, -0.2) is 33.7 Å². The molecule has 1 atom stereocenters. The average Bonchev–Trinajstić information content (AvgIpc) is 2.98. The number of ketones is 1. The number of piperidine rings is 1. The van der Waals surface area contributed by atoms with Gasteiger partial charge in [-0.25, -0.2) is 0 Å². The third-order valence-corrected chi connectivity index (χ3v) is 4.83. The van der Waals surface area contributed by atoms with E-state index in [2.05, 4.69) is 12.1 Å². The summed E-state index contributed by atoms with van der Waals surface area (Å²) in [6.07, 6.45) is 5.86. The standard InChI is InChI=1S/C20H24N2O2/c1-15(23)17-13-19(21(2)14-17)20(24)22-11-7-6-10-18(22)12-16-8-4-3-5-9-16/h3-5,8-9,13-14,18H,6-7,10-12H2,1-2H3. The Kier molecular flexibility index (Phi) is 4.84. The predicted molar refractivity (Wildman–Crippen MR) is 94.2 cm³/mol. The highest BCUT2D eigenvalue weighted by Crippen LogP contribution is 2.23. The van der Waals surface area contributed by atoms with Crippen LogP contribution in [0.15, 0.2) is 42.6 Å². The summed E-state index contributed by atoms with van der Waals surface area (Å²) in [6.45, 7) is 2.32. The van der Waals surface area contributed by atoms with Crippen LogP contribution in [0.5, 0.6) is 0 Å². The molecule has 0 aliphatic carbocycles. The van der Waals surface area contributed by atoms with Crippen LogP contribution >= 0.6 is 0 Å². The molecule has 0 saturated carbocycles. The smallest absolute Gasteiger partial charge is 0.270 e. The maximum atomic E-state index is 13.1. The maximum Gasteiger partial charge on any atom is 0.270 e. The molecule has 1 saturated heterocycles. The van der Waals surface area contributed by atoms with Crippen LogP contribution in [0.2, 0.25) is 0 Å². The molecule has 126 valence electrons. The molecule has 0 spiro atoms. The Bertz CT molecular complexity index is 733. The summed E-state index contributed by atoms with van der Waals surface area (Å²) >= 11 is 0. The van der Waals surface area contributed by atoms with E-state index >= 15 is 0 Å². The van der Waals surface area contributed by atoms with Gasteiger partial charge in [-0.3, -0.25) is 9.59 Å². The van der Waals surface area contributed by atoms with Gasteiger partial charge in [0.25, 0.3) is 5.91 Å². The minimum Gasteiger partial charge on any atom is -0.346 e. The van der Waals surface area contributed by atoms with Crippen molar-refractivity contribution in [3.8, 4) is 0 Å². The van der Waals surface area contributed by atoms with Crippen molar-refractivity contribution in [3.63, 3.8) is 0 Å². The SMILES string of the molecule is CC(=O)c1cc(C(=O)N2CCCCC2Cc2ccccc2)n(C)c1. The second-order valence-electron chi connectivity index (χ2n) is 6.62. The lowest BCUT2D eigenvalue weighted by atomic mass is 9.95. The van der Waals surface area contributed by atoms with Crippen LogP contribution in [0.1, 0.15) is 52.6 Å². The van der Waals surface area contributed by atoms with E-state index in [0.29, 0.717) is 11.3 Å². The molecule has 0 bridgehead atoms. The van der Waals surface area contributed by atoms with Crippen LogP contribution in [0.4, 0.5) is 0 Å². The van der Waals surface area contributed by atoms with Gasteiger partial charge >= 0.3 is 0 Å². The quantitative estimate of drug-likeness (QED) is 0.808. The van der Waals surface area contributed by atoms with Gasteiger partial charge in [-0.2, -0.15) is 0 Å². The molecule has 0 radical (unpaired) electrons. The van der Waals surface area contributed by atoms with Crippen molar-refractivity contribution in [1.29, 1.82) is 0 Å². The molecule has 1 amide bonds. The zero-order valence-electron chi connectivity index (χ0n) is 14.4. The van der Waals surface area contributed by atoms with Crippen LogP contribution < -0.4 is 0 Å². The lowest BCUT2D eigenvalue weighted by molar-refractivity contribution is 0.0603. The van der Waals surface area contributed by atoms with Crippen LogP contribution in [0.25, 0.3) is 0 Å². The molecule has 1 fully saturated rings. The average molecular weight is 324 g/mol. The van der Waals surface area contributed by atoms with Gasteiger partial charge in [0.05, 0.1) is 0 Å². The number of Topliss-reactive ketones (excluding diaryl/α,β-unsaturated/α-hetero) is 1. The number of carbonyl (C=O) groups excluding carboxylic acids is 2. The fourth-order valence-electron chi connectivity index (χ4n) is 3.48. The van der Waals surface area contributed by atoms with Crippen molar-refractivity contribution in [1.82, 2.24) is 9.47 Å². The summed E-state index contributed by atoms with van der Waals surface area (Å²) in [5.74, 6) is 0.0229. The summed E-state index contributed by atoms with van der Waals surface area (Å²) in [5.41, 5.74) is 2.45. The topological polar surface area (TPSA) is 42.3 Å². The second kappa shape index (κ2) is 7.04. The van der Waals surface area contributed by atoms with Crippen molar-refractivity contribution < 1.29 is 9.59 Å². The number of amides is 1. The highest BCUT2D eigenvalue weighted by atomic mass is 16.2. The number of aromatic nitrogens is 1. The lowest BCUT2D eigenvalue weighted by Crippen LogP contribution is -2.45. The zero-order valence-corrected chi connectivity index (χ0v) is 14.4. The third-order valence-electron chi connectivity index (χ3n) is 4.83. The molecular weight excluding hydrogens is 300 g/mol. The Morgan fingerprint density at radius 1 is 1.17 bits per heavy atom. The Labute approximate surface area is 143 Å². The summed E-state index contributed by atoms with van der Waals surface area (Å²) in [7, 11) is 1.83. The summed E-state index contributed by atoms with van der Waals surface area (Å²) in [4.78, 5) is 26.6. The Morgan fingerprint density at radius 3 is 2.58 bits per heavy atom. The van der Waals surface area contributed by atoms with Crippen molar-refractivity contribution in [2.45, 2.75) is 38.6 Å². The Hall–Kier alpha value is -2.36. The largest absolute Gasteiger partial charge is 0.346 e. The first-order valence-corrected chi connectivity index (χ1v) is 8.58. The van der Waals surface area contributed by atoms with Crippen LogP contribution in [-0.2, 0) is 13.5 Å². The van der Waals surface area contributed by atoms with Crippen molar-refractivity contribution in [2.24, 2.45) is 7.05 Å². The molecule has 24 heavy (non-hydrogen) atoms. The fraction of sp³-hybridized carbons (Fsp3) is 0.400. The van der Waals surface area contributed by atoms with Crippen molar-refractivity contribution in [2.75, 3.05) is 6.54 Å². The minimum atomic E-state index is -0.0101. The number of benzene rings is 1. The molecule has 1 aromatic heterocycles. The molecule has 1 aliphatic rings. The number of aryl methyl sites for hydroxylation is 1. The Balaban J connectivity index is 1.82. The zero-order chi connectivity index (χ0) is 17.1. The fourth-order valence-corrected chi connectivity index (χ4v) is 3.48. The predicted octanol–water partition coefficient (Wildman–Crippen LogP) is 3.47. The van der Waals surface area contributed by atoms with Crippen molar-refractivity contribution in [3.05, 3.63) is 59.4 Å². The van der Waals surface area contributed by atoms with Gasteiger partial charge in [0, 0.05) is 31.4 Å². The molecule has 3 rings (SSSR count). The first-order chi connectivity index (χ1) is 11.6. The molecule has 1 unspecified atom stereocenters. The molecule has 2 heterocycles. The maximum absolute atomic E-state index is 13.1. The van der Waals surface area contributed by atoms with Crippen molar-refractivity contribution >= 4 is 11.7 Å². The Morgan fingerprint density at radius 2 is 1.92 bits per heavy atom. The normalized spacial score (nSPS) is 17.8. The van der Waals surface area contributed by atoms with Gasteiger partial charge in [-0.15, -0.1) is 0 Å². The second-order valence-corrected chi connectivity index (χ2v) is 6.62. The molecular formula is C20H24N2O2. The summed E-state index contributed by atoms with van der Waals surface area (Å²) < 4.78 is 1.77. The van der Waals surface area contributed by atoms with Gasteiger partial charge in [0.2, 0.25) is 0 Å². The van der Waals surface area contributed by atoms with E-state index in [1.165, 1.54) is 12.5 Å². The number of nitrogens with zero attached hydrogens (tertiary/aromatic N) is 2. The van der Waals surface area contributed by atoms with Gasteiger partial charge in [0.1, 0.15) is 5.69 Å². The van der Waals surface area contributed by atoms with Gasteiger partial charge < -0.3 is 9.47 Å². The lowest BCUT2D eigenvalue weighted by Gasteiger charge is -2.36. The third kappa shape index (κ3) is 3.42. The van der Waals surface area contributed by atoms with Gasteiger partial charge in [-0.1, -0.05) is 30.3 Å². The van der Waals surface area contributed by atoms with E-state index in [9.17, 15) is 9.59 Å². The van der Waals surface area contributed by atoms with Gasteiger partial charge in [-0.05, 0) is 44.2 Å². The number of likely N-dealkylation sites (tertiary alicyclic amines) is 1. The monoisotopic (exact) mass is 324 g/mol. The molecule has 4 heteroatoms. The molecule has 0 N–H and O–H groups in total. The first-order valence-electron chi connectivity index (χ1n) is 8.58. The molecule has 1 aliphatic heterocycles. The van der Waals surface area contributed by atoms with E-state index in [-0.39, 0.29) is 17.7 Å². The molecule has 2 aromatic rings. The number of hydrogen-bond acceptors (Lipinski definition) is 2. The number of rotatable bonds is 4. The number of carbonyl (C=O) groups is 2. The highest BCUT2D eigenvalue weighted by molar-refractivity contribution is 5.99. The van der Waals surface area contributed by atoms with E-state index in [0.717, 1.165) is 32.2 Å². The summed E-state index contributed by atoms with van der Waals surface area (Å²) in [5, 5.41) is 0. The van der Waals surface area contributed by atoms with Gasteiger partial charge in [0.15, 0.2) is 5.78 Å². The highest BCUT2D eigenvalue weighted by Gasteiger charge is 2.29.